The van der Waals surface area contributed by atoms with Crippen LogP contribution in [0.15, 0.2) is 12.1 Å². The molecular formula is C11H15NO2S2. The number of hydrogen-bond acceptors (Lipinski definition) is 4. The lowest BCUT2D eigenvalue weighted by atomic mass is 10.3. The van der Waals surface area contributed by atoms with Crippen LogP contribution in [0.5, 0.6) is 0 Å². The summed E-state index contributed by atoms with van der Waals surface area (Å²) < 4.78 is 0. The lowest BCUT2D eigenvalue weighted by Gasteiger charge is -2.22. The van der Waals surface area contributed by atoms with E-state index in [0.717, 1.165) is 0 Å². The summed E-state index contributed by atoms with van der Waals surface area (Å²) in [5.74, 6) is 0.752. The first-order valence-corrected chi connectivity index (χ1v) is 7.17. The Morgan fingerprint density at radius 3 is 3.00 bits per heavy atom. The molecular weight excluding hydrogens is 242 g/mol. The maximum atomic E-state index is 11.7. The number of aryl methyl sites for hydroxylation is 1. The van der Waals surface area contributed by atoms with Gasteiger partial charge in [0.05, 0.1) is 5.75 Å². The number of carbonyl (C=O) groups excluding carboxylic acids is 1. The third-order valence-corrected chi connectivity index (χ3v) is 4.97. The van der Waals surface area contributed by atoms with Gasteiger partial charge in [0.2, 0.25) is 5.91 Å². The van der Waals surface area contributed by atoms with Gasteiger partial charge in [0.15, 0.2) is 0 Å². The van der Waals surface area contributed by atoms with E-state index in [1.54, 1.807) is 23.1 Å². The number of carbonyl (C=O) groups is 1. The molecule has 1 unspecified atom stereocenters. The SMILES string of the molecule is Cc1ccc(C2SCC(=O)N2CCCO)s1. The van der Waals surface area contributed by atoms with Crippen LogP contribution in [0.3, 0.4) is 0 Å². The van der Waals surface area contributed by atoms with Crippen molar-refractivity contribution in [1.29, 1.82) is 0 Å². The average Bonchev–Trinajstić information content (AvgIpc) is 2.82. The van der Waals surface area contributed by atoms with E-state index in [1.165, 1.54) is 9.75 Å². The molecule has 0 spiro atoms. The van der Waals surface area contributed by atoms with Gasteiger partial charge in [-0.15, -0.1) is 23.1 Å². The van der Waals surface area contributed by atoms with Gasteiger partial charge in [0, 0.05) is 22.9 Å². The van der Waals surface area contributed by atoms with Gasteiger partial charge in [-0.05, 0) is 25.5 Å². The first kappa shape index (κ1) is 12.0. The summed E-state index contributed by atoms with van der Waals surface area (Å²) in [5, 5.41) is 9.00. The van der Waals surface area contributed by atoms with Gasteiger partial charge < -0.3 is 10.0 Å². The molecule has 88 valence electrons. The summed E-state index contributed by atoms with van der Waals surface area (Å²) >= 11 is 3.43. The van der Waals surface area contributed by atoms with Crippen molar-refractivity contribution < 1.29 is 9.90 Å². The minimum Gasteiger partial charge on any atom is -0.396 e. The van der Waals surface area contributed by atoms with E-state index in [-0.39, 0.29) is 17.9 Å². The highest BCUT2D eigenvalue weighted by Gasteiger charge is 2.32. The van der Waals surface area contributed by atoms with Crippen molar-refractivity contribution in [3.63, 3.8) is 0 Å². The predicted octanol–water partition coefficient (Wildman–Crippen LogP) is 2.01. The van der Waals surface area contributed by atoms with Gasteiger partial charge >= 0.3 is 0 Å². The van der Waals surface area contributed by atoms with Gasteiger partial charge in [-0.3, -0.25) is 4.79 Å². The van der Waals surface area contributed by atoms with Crippen LogP contribution in [-0.2, 0) is 4.79 Å². The molecule has 0 saturated carbocycles. The van der Waals surface area contributed by atoms with Crippen molar-refractivity contribution in [2.45, 2.75) is 18.7 Å². The molecule has 1 amide bonds. The van der Waals surface area contributed by atoms with Gasteiger partial charge in [-0.2, -0.15) is 0 Å². The third-order valence-electron chi connectivity index (χ3n) is 2.53. The number of thiophene rings is 1. The molecule has 1 aromatic rings. The highest BCUT2D eigenvalue weighted by atomic mass is 32.2. The Balaban J connectivity index is 2.11. The fourth-order valence-corrected chi connectivity index (χ4v) is 4.09. The van der Waals surface area contributed by atoms with E-state index in [2.05, 4.69) is 19.1 Å². The number of rotatable bonds is 4. The smallest absolute Gasteiger partial charge is 0.233 e. The zero-order valence-corrected chi connectivity index (χ0v) is 10.8. The monoisotopic (exact) mass is 257 g/mol. The van der Waals surface area contributed by atoms with Crippen LogP contribution in [0.4, 0.5) is 0 Å². The minimum absolute atomic E-state index is 0.143. The van der Waals surface area contributed by atoms with Crippen molar-refractivity contribution in [2.24, 2.45) is 0 Å². The predicted molar refractivity (Wildman–Crippen MR) is 67.7 cm³/mol. The highest BCUT2D eigenvalue weighted by Crippen LogP contribution is 2.41. The van der Waals surface area contributed by atoms with E-state index in [0.29, 0.717) is 18.7 Å². The van der Waals surface area contributed by atoms with Crippen LogP contribution >= 0.6 is 23.1 Å². The number of amides is 1. The lowest BCUT2D eigenvalue weighted by molar-refractivity contribution is -0.128. The second-order valence-electron chi connectivity index (χ2n) is 3.78. The molecule has 5 heteroatoms. The molecule has 1 N–H and O–H groups in total. The van der Waals surface area contributed by atoms with Crippen LogP contribution in [-0.4, -0.2) is 34.8 Å². The molecule has 0 aliphatic carbocycles. The summed E-state index contributed by atoms with van der Waals surface area (Å²) in [6.07, 6.45) is 0.660. The molecule has 16 heavy (non-hydrogen) atoms. The fourth-order valence-electron chi connectivity index (χ4n) is 1.76. The number of nitrogens with zero attached hydrogens (tertiary/aromatic N) is 1. The van der Waals surface area contributed by atoms with Crippen LogP contribution in [0.25, 0.3) is 0 Å². The van der Waals surface area contributed by atoms with Crippen LogP contribution in [0, 0.1) is 6.92 Å². The van der Waals surface area contributed by atoms with Crippen LogP contribution in [0.2, 0.25) is 0 Å². The van der Waals surface area contributed by atoms with Crippen molar-refractivity contribution in [3.05, 3.63) is 21.9 Å². The van der Waals surface area contributed by atoms with Gasteiger partial charge in [-0.25, -0.2) is 0 Å². The quantitative estimate of drug-likeness (QED) is 0.897. The zero-order chi connectivity index (χ0) is 11.5. The Morgan fingerprint density at radius 1 is 1.56 bits per heavy atom. The maximum Gasteiger partial charge on any atom is 0.233 e. The molecule has 3 nitrogen and oxygen atoms in total. The molecule has 1 aliphatic heterocycles. The standard InChI is InChI=1S/C11H15NO2S2/c1-8-3-4-9(16-8)11-12(5-2-6-13)10(14)7-15-11/h3-4,11,13H,2,5-7H2,1H3. The third kappa shape index (κ3) is 2.42. The zero-order valence-electron chi connectivity index (χ0n) is 9.18. The number of thioether (sulfide) groups is 1. The Kier molecular flexibility index (Phi) is 3.89. The molecule has 0 aromatic carbocycles. The summed E-state index contributed by atoms with van der Waals surface area (Å²) in [5.41, 5.74) is 0. The summed E-state index contributed by atoms with van der Waals surface area (Å²) in [6.45, 7) is 2.88. The number of aliphatic hydroxyl groups is 1. The van der Waals surface area contributed by atoms with Gasteiger partial charge in [0.25, 0.3) is 0 Å². The number of aliphatic hydroxyl groups excluding tert-OH is 1. The average molecular weight is 257 g/mol. The molecule has 1 fully saturated rings. The first-order chi connectivity index (χ1) is 7.72. The Hall–Kier alpha value is -0.520. The van der Waals surface area contributed by atoms with Crippen LogP contribution < -0.4 is 0 Å². The molecule has 2 rings (SSSR count). The van der Waals surface area contributed by atoms with E-state index in [1.807, 2.05) is 4.90 Å². The largest absolute Gasteiger partial charge is 0.396 e. The maximum absolute atomic E-state index is 11.7. The van der Waals surface area contributed by atoms with Crippen molar-refractivity contribution in [2.75, 3.05) is 18.9 Å². The van der Waals surface area contributed by atoms with Gasteiger partial charge in [0.1, 0.15) is 5.37 Å². The molecule has 0 radical (unpaired) electrons. The second kappa shape index (κ2) is 5.21. The normalized spacial score (nSPS) is 20.8. The van der Waals surface area contributed by atoms with E-state index < -0.39 is 0 Å². The van der Waals surface area contributed by atoms with E-state index >= 15 is 0 Å². The van der Waals surface area contributed by atoms with E-state index in [4.69, 9.17) is 5.11 Å². The second-order valence-corrected chi connectivity index (χ2v) is 6.16. The number of hydrogen-bond donors (Lipinski definition) is 1. The Labute approximate surface area is 103 Å². The lowest BCUT2D eigenvalue weighted by Crippen LogP contribution is -2.29. The molecule has 0 bridgehead atoms. The van der Waals surface area contributed by atoms with Crippen molar-refractivity contribution in [3.8, 4) is 0 Å². The first-order valence-electron chi connectivity index (χ1n) is 5.30. The minimum atomic E-state index is 0.143. The summed E-state index contributed by atoms with van der Waals surface area (Å²) in [7, 11) is 0. The van der Waals surface area contributed by atoms with Gasteiger partial charge in [-0.1, -0.05) is 0 Å². The molecule has 2 heterocycles. The summed E-state index contributed by atoms with van der Waals surface area (Å²) in [4.78, 5) is 16.1. The molecule has 1 atom stereocenters. The Morgan fingerprint density at radius 2 is 2.38 bits per heavy atom. The Bertz CT molecular complexity index is 378. The van der Waals surface area contributed by atoms with Crippen molar-refractivity contribution >= 4 is 29.0 Å². The van der Waals surface area contributed by atoms with Crippen LogP contribution in [0.1, 0.15) is 21.5 Å². The molecule has 1 saturated heterocycles. The van der Waals surface area contributed by atoms with E-state index in [9.17, 15) is 4.79 Å². The molecule has 1 aliphatic rings. The topological polar surface area (TPSA) is 40.5 Å². The van der Waals surface area contributed by atoms with Crippen molar-refractivity contribution in [1.82, 2.24) is 4.90 Å². The highest BCUT2D eigenvalue weighted by molar-refractivity contribution is 8.00. The summed E-state index contributed by atoms with van der Waals surface area (Å²) in [6, 6.07) is 4.19. The fraction of sp³-hybridized carbons (Fsp3) is 0.545. The molecule has 1 aromatic heterocycles.